The second-order valence-corrected chi connectivity index (χ2v) is 5.06. The Balaban J connectivity index is 2.18. The first-order valence-corrected chi connectivity index (χ1v) is 6.23. The average molecular weight is 299 g/mol. The summed E-state index contributed by atoms with van der Waals surface area (Å²) < 4.78 is 3.83. The third kappa shape index (κ3) is 1.41. The maximum absolute atomic E-state index is 10.9. The molecule has 0 amide bonds. The lowest BCUT2D eigenvalue weighted by molar-refractivity contribution is 0.0690. The highest BCUT2D eigenvalue weighted by atomic mass is 79.9. The fourth-order valence-corrected chi connectivity index (χ4v) is 2.61. The van der Waals surface area contributed by atoms with Crippen LogP contribution < -0.4 is 0 Å². The summed E-state index contributed by atoms with van der Waals surface area (Å²) in [5.74, 6) is 0.988. The molecule has 1 aliphatic carbocycles. The van der Waals surface area contributed by atoms with Crippen molar-refractivity contribution in [2.75, 3.05) is 0 Å². The third-order valence-electron chi connectivity index (χ3n) is 3.30. The summed E-state index contributed by atoms with van der Waals surface area (Å²) in [6, 6.07) is 0. The van der Waals surface area contributed by atoms with Crippen molar-refractivity contribution in [1.29, 1.82) is 0 Å². The number of aromatic carboxylic acids is 1. The monoisotopic (exact) mass is 298 g/mol. The summed E-state index contributed by atoms with van der Waals surface area (Å²) in [5.41, 5.74) is 0.00302. The zero-order valence-corrected chi connectivity index (χ0v) is 10.8. The molecule has 7 heteroatoms. The van der Waals surface area contributed by atoms with Crippen LogP contribution in [0.15, 0.2) is 4.60 Å². The van der Waals surface area contributed by atoms with Gasteiger partial charge in [0.25, 0.3) is 0 Å². The van der Waals surface area contributed by atoms with Gasteiger partial charge >= 0.3 is 5.97 Å². The van der Waals surface area contributed by atoms with Gasteiger partial charge in [-0.2, -0.15) is 9.61 Å². The Morgan fingerprint density at radius 2 is 2.24 bits per heavy atom. The van der Waals surface area contributed by atoms with Gasteiger partial charge in [0.05, 0.1) is 0 Å². The lowest BCUT2D eigenvalue weighted by atomic mass is 9.85. The van der Waals surface area contributed by atoms with E-state index in [-0.39, 0.29) is 5.69 Å². The van der Waals surface area contributed by atoms with Crippen molar-refractivity contribution in [3.8, 4) is 0 Å². The Morgan fingerprint density at radius 1 is 1.53 bits per heavy atom. The number of hydrogen-bond acceptors (Lipinski definition) is 3. The molecule has 1 aliphatic rings. The van der Waals surface area contributed by atoms with Crippen molar-refractivity contribution < 1.29 is 9.90 Å². The van der Waals surface area contributed by atoms with Crippen molar-refractivity contribution in [2.24, 2.45) is 7.05 Å². The van der Waals surface area contributed by atoms with Gasteiger partial charge in [0, 0.05) is 13.0 Å². The van der Waals surface area contributed by atoms with Gasteiger partial charge in [0.15, 0.2) is 5.69 Å². The lowest BCUT2D eigenvalue weighted by Gasteiger charge is -2.23. The molecule has 0 atom stereocenters. The highest BCUT2D eigenvalue weighted by Gasteiger charge is 2.28. The molecule has 0 bridgehead atoms. The molecule has 1 saturated carbocycles. The summed E-state index contributed by atoms with van der Waals surface area (Å²) in [7, 11) is 1.88. The molecule has 2 aromatic rings. The second kappa shape index (κ2) is 3.56. The Labute approximate surface area is 105 Å². The molecule has 6 nitrogen and oxygen atoms in total. The molecular weight excluding hydrogens is 288 g/mol. The highest BCUT2D eigenvalue weighted by molar-refractivity contribution is 9.10. The van der Waals surface area contributed by atoms with Crippen LogP contribution in [-0.4, -0.2) is 30.2 Å². The van der Waals surface area contributed by atoms with Crippen LogP contribution in [0.25, 0.3) is 5.78 Å². The Kier molecular flexibility index (Phi) is 2.25. The van der Waals surface area contributed by atoms with Crippen molar-refractivity contribution in [1.82, 2.24) is 19.2 Å². The quantitative estimate of drug-likeness (QED) is 0.917. The largest absolute Gasteiger partial charge is 0.476 e. The molecule has 1 N–H and O–H groups in total. The van der Waals surface area contributed by atoms with Gasteiger partial charge in [-0.25, -0.2) is 9.78 Å². The number of aryl methyl sites for hydroxylation is 1. The average Bonchev–Trinajstić information content (AvgIpc) is 2.66. The summed E-state index contributed by atoms with van der Waals surface area (Å²) in [4.78, 5) is 15.0. The smallest absolute Gasteiger partial charge is 0.357 e. The van der Waals surface area contributed by atoms with E-state index in [2.05, 4.69) is 26.0 Å². The van der Waals surface area contributed by atoms with Gasteiger partial charge in [-0.15, -0.1) is 0 Å². The molecule has 2 aromatic heterocycles. The molecule has 2 heterocycles. The van der Waals surface area contributed by atoms with Gasteiger partial charge in [0.2, 0.25) is 5.78 Å². The first-order chi connectivity index (χ1) is 8.09. The van der Waals surface area contributed by atoms with Crippen molar-refractivity contribution in [2.45, 2.75) is 25.2 Å². The topological polar surface area (TPSA) is 72.4 Å². The van der Waals surface area contributed by atoms with E-state index in [4.69, 9.17) is 5.11 Å². The number of halogens is 1. The number of imidazole rings is 1. The molecule has 0 saturated heterocycles. The molecular formula is C10H11BrN4O2. The van der Waals surface area contributed by atoms with Crippen LogP contribution in [0, 0.1) is 0 Å². The van der Waals surface area contributed by atoms with Crippen LogP contribution in [0.4, 0.5) is 0 Å². The number of fused-ring (bicyclic) bond motifs is 1. The standard InChI is InChI=1S/C10H11BrN4O2/c1-14-8(5-3-2-4-5)13-15-7(11)6(9(16)17)12-10(14)15/h5H,2-4H2,1H3,(H,16,17). The number of hydrogen-bond donors (Lipinski definition) is 1. The highest BCUT2D eigenvalue weighted by Crippen LogP contribution is 2.36. The van der Waals surface area contributed by atoms with E-state index in [1.54, 1.807) is 4.52 Å². The maximum Gasteiger partial charge on any atom is 0.357 e. The number of rotatable bonds is 2. The van der Waals surface area contributed by atoms with Gasteiger partial charge < -0.3 is 5.11 Å². The molecule has 0 radical (unpaired) electrons. The number of carbonyl (C=O) groups is 1. The van der Waals surface area contributed by atoms with E-state index in [0.29, 0.717) is 16.3 Å². The molecule has 90 valence electrons. The van der Waals surface area contributed by atoms with E-state index in [0.717, 1.165) is 18.7 Å². The van der Waals surface area contributed by atoms with E-state index < -0.39 is 5.97 Å². The van der Waals surface area contributed by atoms with Gasteiger partial charge in [0.1, 0.15) is 10.4 Å². The van der Waals surface area contributed by atoms with Gasteiger partial charge in [-0.05, 0) is 28.8 Å². The minimum Gasteiger partial charge on any atom is -0.476 e. The number of nitrogens with zero attached hydrogens (tertiary/aromatic N) is 4. The first-order valence-electron chi connectivity index (χ1n) is 5.43. The van der Waals surface area contributed by atoms with Crippen LogP contribution in [0.5, 0.6) is 0 Å². The molecule has 17 heavy (non-hydrogen) atoms. The normalized spacial score (nSPS) is 16.4. The van der Waals surface area contributed by atoms with Crippen molar-refractivity contribution >= 4 is 27.7 Å². The fraction of sp³-hybridized carbons (Fsp3) is 0.500. The Bertz CT molecular complexity index is 611. The van der Waals surface area contributed by atoms with Crippen molar-refractivity contribution in [3.63, 3.8) is 0 Å². The zero-order chi connectivity index (χ0) is 12.2. The van der Waals surface area contributed by atoms with Crippen molar-refractivity contribution in [3.05, 3.63) is 16.1 Å². The van der Waals surface area contributed by atoms with Crippen LogP contribution in [0.3, 0.4) is 0 Å². The Morgan fingerprint density at radius 3 is 2.71 bits per heavy atom. The summed E-state index contributed by atoms with van der Waals surface area (Å²) in [6.45, 7) is 0. The Hall–Kier alpha value is -1.37. The minimum absolute atomic E-state index is 0.00302. The zero-order valence-electron chi connectivity index (χ0n) is 9.22. The predicted molar refractivity (Wildman–Crippen MR) is 63.2 cm³/mol. The number of aromatic nitrogens is 4. The van der Waals surface area contributed by atoms with E-state index in [9.17, 15) is 4.79 Å². The summed E-state index contributed by atoms with van der Waals surface area (Å²) in [5, 5.41) is 13.4. The lowest BCUT2D eigenvalue weighted by Crippen LogP contribution is -2.14. The summed E-state index contributed by atoms with van der Waals surface area (Å²) >= 11 is 3.23. The molecule has 0 aromatic carbocycles. The second-order valence-electron chi connectivity index (χ2n) is 4.31. The fourth-order valence-electron chi connectivity index (χ4n) is 2.12. The molecule has 1 fully saturated rings. The van der Waals surface area contributed by atoms with Crippen LogP contribution in [0.2, 0.25) is 0 Å². The molecule has 0 aliphatic heterocycles. The SMILES string of the molecule is Cn1c(C2CCC2)nn2c(Br)c(C(=O)O)nc12. The van der Waals surface area contributed by atoms with E-state index in [1.165, 1.54) is 6.42 Å². The summed E-state index contributed by atoms with van der Waals surface area (Å²) in [6.07, 6.45) is 3.54. The first kappa shape index (κ1) is 10.8. The molecule has 3 rings (SSSR count). The van der Waals surface area contributed by atoms with Gasteiger partial charge in [-0.1, -0.05) is 6.42 Å². The van der Waals surface area contributed by atoms with E-state index in [1.807, 2.05) is 11.6 Å². The van der Waals surface area contributed by atoms with Gasteiger partial charge in [-0.3, -0.25) is 4.57 Å². The van der Waals surface area contributed by atoms with E-state index >= 15 is 0 Å². The van der Waals surface area contributed by atoms with Crippen LogP contribution in [0.1, 0.15) is 41.5 Å². The predicted octanol–water partition coefficient (Wildman–Crippen LogP) is 1.80. The molecule has 0 spiro atoms. The minimum atomic E-state index is -1.05. The van der Waals surface area contributed by atoms with Crippen LogP contribution in [-0.2, 0) is 7.05 Å². The van der Waals surface area contributed by atoms with Crippen LogP contribution >= 0.6 is 15.9 Å². The number of carboxylic acid groups (broad SMARTS) is 1. The number of carboxylic acids is 1. The maximum atomic E-state index is 10.9. The third-order valence-corrected chi connectivity index (χ3v) is 4.01. The molecule has 0 unspecified atom stereocenters.